The zero-order valence-electron chi connectivity index (χ0n) is 10.8. The zero-order valence-corrected chi connectivity index (χ0v) is 11.5. The number of hydrogen-bond donors (Lipinski definition) is 1. The molecule has 1 heterocycles. The van der Waals surface area contributed by atoms with Gasteiger partial charge in [-0.3, -0.25) is 4.68 Å². The number of hydrogen-bond acceptors (Lipinski definition) is 3. The summed E-state index contributed by atoms with van der Waals surface area (Å²) in [6, 6.07) is 6.89. The number of halogens is 1. The Balaban J connectivity index is 2.15. The molecule has 0 saturated heterocycles. The van der Waals surface area contributed by atoms with E-state index in [-0.39, 0.29) is 0 Å². The van der Waals surface area contributed by atoms with Gasteiger partial charge in [-0.05, 0) is 30.3 Å². The van der Waals surface area contributed by atoms with E-state index in [1.807, 2.05) is 19.3 Å². The standard InChI is InChI=1S/C14H13ClN2O3/c1-17-7-6-12(16-17)9-20-13-4-3-11(15)8-10(13)2-5-14(18)19/h2-8H,9H2,1H3,(H,18,19)/b5-2+. The highest BCUT2D eigenvalue weighted by molar-refractivity contribution is 6.30. The number of aromatic nitrogens is 2. The van der Waals surface area contributed by atoms with E-state index in [2.05, 4.69) is 5.10 Å². The topological polar surface area (TPSA) is 64.3 Å². The highest BCUT2D eigenvalue weighted by atomic mass is 35.5. The minimum absolute atomic E-state index is 0.302. The number of carboxylic acids is 1. The molecule has 20 heavy (non-hydrogen) atoms. The maximum Gasteiger partial charge on any atom is 0.328 e. The fourth-order valence-corrected chi connectivity index (χ4v) is 1.81. The quantitative estimate of drug-likeness (QED) is 0.861. The van der Waals surface area contributed by atoms with E-state index in [0.29, 0.717) is 22.9 Å². The molecule has 0 radical (unpaired) electrons. The maximum absolute atomic E-state index is 10.6. The molecule has 0 bridgehead atoms. The van der Waals surface area contributed by atoms with Gasteiger partial charge in [-0.1, -0.05) is 11.6 Å². The third kappa shape index (κ3) is 3.86. The van der Waals surface area contributed by atoms with Gasteiger partial charge in [-0.25, -0.2) is 4.79 Å². The summed E-state index contributed by atoms with van der Waals surface area (Å²) in [6.07, 6.45) is 4.31. The Labute approximate surface area is 121 Å². The van der Waals surface area contributed by atoms with Gasteiger partial charge in [0.05, 0.1) is 5.69 Å². The van der Waals surface area contributed by atoms with Crippen LogP contribution in [0.3, 0.4) is 0 Å². The molecule has 1 N–H and O–H groups in total. The van der Waals surface area contributed by atoms with Crippen LogP contribution in [0.5, 0.6) is 5.75 Å². The lowest BCUT2D eigenvalue weighted by Crippen LogP contribution is -1.99. The van der Waals surface area contributed by atoms with Crippen molar-refractivity contribution in [1.29, 1.82) is 0 Å². The number of carboxylic acid groups (broad SMARTS) is 1. The van der Waals surface area contributed by atoms with Crippen LogP contribution in [-0.4, -0.2) is 20.9 Å². The molecule has 0 aliphatic heterocycles. The molecule has 0 unspecified atom stereocenters. The molecule has 1 aromatic carbocycles. The van der Waals surface area contributed by atoms with Crippen LogP contribution in [0.4, 0.5) is 0 Å². The maximum atomic E-state index is 10.6. The van der Waals surface area contributed by atoms with Crippen molar-refractivity contribution in [3.8, 4) is 5.75 Å². The predicted molar refractivity (Wildman–Crippen MR) is 75.7 cm³/mol. The third-order valence-electron chi connectivity index (χ3n) is 2.52. The van der Waals surface area contributed by atoms with Crippen molar-refractivity contribution in [3.63, 3.8) is 0 Å². The molecule has 0 spiro atoms. The monoisotopic (exact) mass is 292 g/mol. The predicted octanol–water partition coefficient (Wildman–Crippen LogP) is 2.75. The summed E-state index contributed by atoms with van der Waals surface area (Å²) >= 11 is 5.90. The summed E-state index contributed by atoms with van der Waals surface area (Å²) in [5.74, 6) is -0.474. The van der Waals surface area contributed by atoms with Gasteiger partial charge in [0.1, 0.15) is 12.4 Å². The van der Waals surface area contributed by atoms with Gasteiger partial charge in [-0.15, -0.1) is 0 Å². The summed E-state index contributed by atoms with van der Waals surface area (Å²) in [4.78, 5) is 10.6. The lowest BCUT2D eigenvalue weighted by atomic mass is 10.2. The van der Waals surface area contributed by atoms with Crippen molar-refractivity contribution in [2.45, 2.75) is 6.61 Å². The Bertz CT molecular complexity index is 650. The van der Waals surface area contributed by atoms with E-state index in [0.717, 1.165) is 11.8 Å². The van der Waals surface area contributed by atoms with Gasteiger partial charge in [0.25, 0.3) is 0 Å². The molecule has 2 rings (SSSR count). The molecule has 0 amide bonds. The first-order valence-corrected chi connectivity index (χ1v) is 6.24. The fraction of sp³-hybridized carbons (Fsp3) is 0.143. The molecule has 104 valence electrons. The second kappa shape index (κ2) is 6.25. The number of nitrogens with zero attached hydrogens (tertiary/aromatic N) is 2. The van der Waals surface area contributed by atoms with E-state index in [9.17, 15) is 4.79 Å². The summed E-state index contributed by atoms with van der Waals surface area (Å²) in [5.41, 5.74) is 1.39. The fourth-order valence-electron chi connectivity index (χ4n) is 1.63. The van der Waals surface area contributed by atoms with Crippen molar-refractivity contribution < 1.29 is 14.6 Å². The smallest absolute Gasteiger partial charge is 0.328 e. The van der Waals surface area contributed by atoms with Crippen molar-refractivity contribution in [3.05, 3.63) is 52.8 Å². The Kier molecular flexibility index (Phi) is 4.42. The minimum Gasteiger partial charge on any atom is -0.487 e. The molecule has 6 heteroatoms. The second-order valence-electron chi connectivity index (χ2n) is 4.12. The molecular formula is C14H13ClN2O3. The summed E-state index contributed by atoms with van der Waals surface area (Å²) in [7, 11) is 1.83. The van der Waals surface area contributed by atoms with Crippen molar-refractivity contribution in [1.82, 2.24) is 9.78 Å². The molecular weight excluding hydrogens is 280 g/mol. The van der Waals surface area contributed by atoms with Crippen LogP contribution in [0.2, 0.25) is 5.02 Å². The highest BCUT2D eigenvalue weighted by Gasteiger charge is 2.05. The van der Waals surface area contributed by atoms with Gasteiger partial charge >= 0.3 is 5.97 Å². The Morgan fingerprint density at radius 2 is 2.30 bits per heavy atom. The average molecular weight is 293 g/mol. The Morgan fingerprint density at radius 3 is 2.95 bits per heavy atom. The first kappa shape index (κ1) is 14.1. The zero-order chi connectivity index (χ0) is 14.5. The summed E-state index contributed by atoms with van der Waals surface area (Å²) < 4.78 is 7.33. The van der Waals surface area contributed by atoms with Crippen molar-refractivity contribution >= 4 is 23.6 Å². The van der Waals surface area contributed by atoms with Gasteiger partial charge in [0.2, 0.25) is 0 Å². The number of aryl methyl sites for hydroxylation is 1. The Hall–Kier alpha value is -2.27. The molecule has 0 fully saturated rings. The Morgan fingerprint density at radius 1 is 1.50 bits per heavy atom. The van der Waals surface area contributed by atoms with Crippen molar-refractivity contribution in [2.75, 3.05) is 0 Å². The van der Waals surface area contributed by atoms with Crippen molar-refractivity contribution in [2.24, 2.45) is 7.05 Å². The first-order valence-electron chi connectivity index (χ1n) is 5.86. The molecule has 0 saturated carbocycles. The van der Waals surface area contributed by atoms with Crippen LogP contribution >= 0.6 is 11.6 Å². The lowest BCUT2D eigenvalue weighted by Gasteiger charge is -2.08. The molecule has 2 aromatic rings. The summed E-state index contributed by atoms with van der Waals surface area (Å²) in [6.45, 7) is 0.302. The highest BCUT2D eigenvalue weighted by Crippen LogP contribution is 2.25. The minimum atomic E-state index is -1.03. The van der Waals surface area contributed by atoms with Crippen LogP contribution in [0.15, 0.2) is 36.5 Å². The van der Waals surface area contributed by atoms with E-state index in [1.165, 1.54) is 6.08 Å². The number of rotatable bonds is 5. The SMILES string of the molecule is Cn1ccc(COc2ccc(Cl)cc2/C=C/C(=O)O)n1. The second-order valence-corrected chi connectivity index (χ2v) is 4.56. The normalized spacial score (nSPS) is 10.9. The van der Waals surface area contributed by atoms with Crippen LogP contribution in [-0.2, 0) is 18.4 Å². The van der Waals surface area contributed by atoms with Gasteiger partial charge in [-0.2, -0.15) is 5.10 Å². The largest absolute Gasteiger partial charge is 0.487 e. The van der Waals surface area contributed by atoms with E-state index in [1.54, 1.807) is 22.9 Å². The number of carbonyl (C=O) groups is 1. The molecule has 0 atom stereocenters. The van der Waals surface area contributed by atoms with Gasteiger partial charge in [0, 0.05) is 29.9 Å². The van der Waals surface area contributed by atoms with Gasteiger partial charge in [0.15, 0.2) is 0 Å². The lowest BCUT2D eigenvalue weighted by molar-refractivity contribution is -0.131. The first-order chi connectivity index (χ1) is 9.54. The van der Waals surface area contributed by atoms with Crippen LogP contribution in [0.25, 0.3) is 6.08 Å². The number of aliphatic carboxylic acids is 1. The van der Waals surface area contributed by atoms with E-state index >= 15 is 0 Å². The molecule has 1 aromatic heterocycles. The third-order valence-corrected chi connectivity index (χ3v) is 2.76. The van der Waals surface area contributed by atoms with E-state index < -0.39 is 5.97 Å². The number of ether oxygens (including phenoxy) is 1. The average Bonchev–Trinajstić information content (AvgIpc) is 2.81. The van der Waals surface area contributed by atoms with Crippen LogP contribution in [0.1, 0.15) is 11.3 Å². The number of benzene rings is 1. The molecule has 0 aliphatic rings. The van der Waals surface area contributed by atoms with Gasteiger partial charge < -0.3 is 9.84 Å². The van der Waals surface area contributed by atoms with Crippen LogP contribution < -0.4 is 4.74 Å². The molecule has 5 nitrogen and oxygen atoms in total. The summed E-state index contributed by atoms with van der Waals surface area (Å²) in [5, 5.41) is 13.4. The van der Waals surface area contributed by atoms with E-state index in [4.69, 9.17) is 21.4 Å². The molecule has 0 aliphatic carbocycles. The van der Waals surface area contributed by atoms with Crippen LogP contribution in [0, 0.1) is 0 Å².